The highest BCUT2D eigenvalue weighted by atomic mass is 16.2. The van der Waals surface area contributed by atoms with Crippen molar-refractivity contribution in [3.05, 3.63) is 64.1 Å². The van der Waals surface area contributed by atoms with Gasteiger partial charge in [0.05, 0.1) is 17.6 Å². The zero-order valence-corrected chi connectivity index (χ0v) is 17.3. The standard InChI is InChI=1S/C21H22N8O3/c1-29-17-10-16-15(25-21(32)26-16)9-13(17)7-8-14(20(29)31)24-19(30)18(27-22)28-23-11-12-5-3-2-4-6-12/h2-6,9-10,14,22-23H,7-8,11H2,1H3,(H,24,30)(H2,25,26,32)/b27-22?,28-18-/t14-/m0/s1. The summed E-state index contributed by atoms with van der Waals surface area (Å²) in [4.78, 5) is 44.0. The Balaban J connectivity index is 1.46. The van der Waals surface area contributed by atoms with Gasteiger partial charge >= 0.3 is 5.69 Å². The van der Waals surface area contributed by atoms with Crippen molar-refractivity contribution in [3.8, 4) is 0 Å². The van der Waals surface area contributed by atoms with Crippen LogP contribution >= 0.6 is 0 Å². The second-order valence-corrected chi connectivity index (χ2v) is 7.44. The molecule has 0 fully saturated rings. The van der Waals surface area contributed by atoms with E-state index in [9.17, 15) is 14.4 Å². The molecule has 0 spiro atoms. The number of aromatic amines is 2. The number of fused-ring (bicyclic) bond motifs is 2. The van der Waals surface area contributed by atoms with E-state index in [1.54, 1.807) is 13.1 Å². The topological polar surface area (TPSA) is 159 Å². The fourth-order valence-corrected chi connectivity index (χ4v) is 3.69. The molecule has 3 aromatic rings. The first-order chi connectivity index (χ1) is 15.5. The number of imidazole rings is 1. The Hall–Kier alpha value is -4.28. The minimum absolute atomic E-state index is 0.309. The third kappa shape index (κ3) is 4.26. The minimum Gasteiger partial charge on any atom is -0.337 e. The summed E-state index contributed by atoms with van der Waals surface area (Å²) in [5.41, 5.74) is 13.4. The molecule has 11 nitrogen and oxygen atoms in total. The first kappa shape index (κ1) is 21.0. The Bertz CT molecular complexity index is 1260. The number of H-pyrrole nitrogens is 2. The fraction of sp³-hybridized carbons (Fsp3) is 0.238. The van der Waals surface area contributed by atoms with E-state index in [0.717, 1.165) is 11.1 Å². The molecular weight excluding hydrogens is 412 g/mol. The summed E-state index contributed by atoms with van der Waals surface area (Å²) in [6, 6.07) is 12.2. The van der Waals surface area contributed by atoms with Gasteiger partial charge in [-0.2, -0.15) is 5.10 Å². The highest BCUT2D eigenvalue weighted by Crippen LogP contribution is 2.29. The lowest BCUT2D eigenvalue weighted by atomic mass is 10.0. The van der Waals surface area contributed by atoms with Crippen LogP contribution in [0, 0.1) is 5.53 Å². The number of nitrogens with one attached hydrogen (secondary N) is 5. The van der Waals surface area contributed by atoms with Crippen LogP contribution in [0.5, 0.6) is 0 Å². The van der Waals surface area contributed by atoms with E-state index in [0.29, 0.717) is 36.1 Å². The van der Waals surface area contributed by atoms with E-state index in [-0.39, 0.29) is 17.4 Å². The van der Waals surface area contributed by atoms with E-state index in [1.807, 2.05) is 36.4 Å². The van der Waals surface area contributed by atoms with Gasteiger partial charge in [-0.1, -0.05) is 30.3 Å². The van der Waals surface area contributed by atoms with Crippen LogP contribution in [0.3, 0.4) is 0 Å². The predicted octanol–water partition coefficient (Wildman–Crippen LogP) is 1.38. The summed E-state index contributed by atoms with van der Waals surface area (Å²) in [7, 11) is 1.62. The molecule has 5 N–H and O–H groups in total. The van der Waals surface area contributed by atoms with Gasteiger partial charge in [0.25, 0.3) is 11.7 Å². The Morgan fingerprint density at radius 3 is 2.62 bits per heavy atom. The molecule has 2 aromatic carbocycles. The Kier molecular flexibility index (Phi) is 5.79. The predicted molar refractivity (Wildman–Crippen MR) is 118 cm³/mol. The molecule has 0 aliphatic carbocycles. The van der Waals surface area contributed by atoms with Gasteiger partial charge in [-0.15, -0.1) is 5.11 Å². The average Bonchev–Trinajstić information content (AvgIpc) is 3.12. The van der Waals surface area contributed by atoms with Crippen molar-refractivity contribution in [2.24, 2.45) is 10.2 Å². The van der Waals surface area contributed by atoms with Crippen molar-refractivity contribution < 1.29 is 9.59 Å². The van der Waals surface area contributed by atoms with E-state index in [2.05, 4.69) is 30.9 Å². The van der Waals surface area contributed by atoms with Crippen LogP contribution in [0.1, 0.15) is 17.5 Å². The van der Waals surface area contributed by atoms with Gasteiger partial charge in [-0.25, -0.2) is 10.3 Å². The summed E-state index contributed by atoms with van der Waals surface area (Å²) >= 11 is 0. The first-order valence-electron chi connectivity index (χ1n) is 10.0. The Morgan fingerprint density at radius 2 is 1.91 bits per heavy atom. The number of benzene rings is 2. The molecule has 2 heterocycles. The molecule has 164 valence electrons. The molecule has 0 unspecified atom stereocenters. The number of anilines is 1. The molecule has 0 radical (unpaired) electrons. The van der Waals surface area contributed by atoms with Crippen molar-refractivity contribution in [1.82, 2.24) is 20.7 Å². The zero-order chi connectivity index (χ0) is 22.7. The number of rotatable bonds is 4. The molecular formula is C21H22N8O3. The summed E-state index contributed by atoms with van der Waals surface area (Å²) < 4.78 is 0. The van der Waals surface area contributed by atoms with Gasteiger partial charge in [0.1, 0.15) is 6.04 Å². The van der Waals surface area contributed by atoms with Gasteiger partial charge in [0.2, 0.25) is 5.91 Å². The van der Waals surface area contributed by atoms with Crippen molar-refractivity contribution in [1.29, 1.82) is 5.53 Å². The number of aryl methyl sites for hydroxylation is 1. The van der Waals surface area contributed by atoms with Crippen molar-refractivity contribution >= 4 is 34.4 Å². The first-order valence-corrected chi connectivity index (χ1v) is 10.0. The largest absolute Gasteiger partial charge is 0.337 e. The SMILES string of the molecule is CN1C(=O)[C@@H](NC(=O)/C(N=N)=N/NCc2ccccc2)CCc2cc3[nH]c(=O)[nH]c3cc21. The van der Waals surface area contributed by atoms with Crippen molar-refractivity contribution in [2.45, 2.75) is 25.4 Å². The fourth-order valence-electron chi connectivity index (χ4n) is 3.69. The number of nitrogens with zero attached hydrogens (tertiary/aromatic N) is 3. The molecule has 0 saturated heterocycles. The second kappa shape index (κ2) is 8.84. The zero-order valence-electron chi connectivity index (χ0n) is 17.3. The van der Waals surface area contributed by atoms with Crippen LogP contribution in [0.2, 0.25) is 0 Å². The molecule has 0 saturated carbocycles. The highest BCUT2D eigenvalue weighted by Gasteiger charge is 2.31. The minimum atomic E-state index is -0.807. The van der Waals surface area contributed by atoms with E-state index in [4.69, 9.17) is 5.53 Å². The number of hydrogen-bond acceptors (Lipinski definition) is 6. The monoisotopic (exact) mass is 434 g/mol. The number of hydrazone groups is 1. The lowest BCUT2D eigenvalue weighted by Gasteiger charge is -2.22. The molecule has 11 heteroatoms. The number of amides is 2. The number of aromatic nitrogens is 2. The molecule has 0 bridgehead atoms. The molecule has 32 heavy (non-hydrogen) atoms. The third-order valence-corrected chi connectivity index (χ3v) is 5.33. The van der Waals surface area contributed by atoms with Crippen LogP contribution in [-0.2, 0) is 22.6 Å². The number of amidine groups is 1. The van der Waals surface area contributed by atoms with Crippen LogP contribution < -0.4 is 21.3 Å². The maximum atomic E-state index is 13.0. The van der Waals surface area contributed by atoms with Gasteiger partial charge in [-0.3, -0.25) is 9.59 Å². The molecule has 4 rings (SSSR count). The van der Waals surface area contributed by atoms with E-state index < -0.39 is 11.9 Å². The van der Waals surface area contributed by atoms with Crippen LogP contribution in [0.4, 0.5) is 5.69 Å². The molecule has 1 aromatic heterocycles. The Labute approximate surface area is 182 Å². The lowest BCUT2D eigenvalue weighted by molar-refractivity contribution is -0.124. The number of hydrogen-bond donors (Lipinski definition) is 5. The normalized spacial score (nSPS) is 16.4. The molecule has 1 aliphatic heterocycles. The quantitative estimate of drug-likeness (QED) is 0.182. The summed E-state index contributed by atoms with van der Waals surface area (Å²) in [5.74, 6) is -1.39. The average molecular weight is 434 g/mol. The lowest BCUT2D eigenvalue weighted by Crippen LogP contribution is -2.48. The highest BCUT2D eigenvalue weighted by molar-refractivity contribution is 6.38. The number of likely N-dealkylation sites (N-methyl/N-ethyl adjacent to an activating group) is 1. The van der Waals surface area contributed by atoms with E-state index in [1.165, 1.54) is 4.90 Å². The maximum absolute atomic E-state index is 13.0. The van der Waals surface area contributed by atoms with Gasteiger partial charge < -0.3 is 25.6 Å². The smallest absolute Gasteiger partial charge is 0.323 e. The summed E-state index contributed by atoms with van der Waals surface area (Å²) in [6.45, 7) is 0.364. The maximum Gasteiger partial charge on any atom is 0.323 e. The van der Waals surface area contributed by atoms with Crippen LogP contribution in [0.15, 0.2) is 57.5 Å². The van der Waals surface area contributed by atoms with Crippen molar-refractivity contribution in [2.75, 3.05) is 11.9 Å². The molecule has 1 atom stereocenters. The van der Waals surface area contributed by atoms with Gasteiger partial charge in [0, 0.05) is 12.7 Å². The van der Waals surface area contributed by atoms with Gasteiger partial charge in [-0.05, 0) is 36.1 Å². The van der Waals surface area contributed by atoms with Crippen molar-refractivity contribution in [3.63, 3.8) is 0 Å². The second-order valence-electron chi connectivity index (χ2n) is 7.44. The molecule has 2 amide bonds. The number of carbonyl (C=O) groups is 2. The van der Waals surface area contributed by atoms with Crippen LogP contribution in [0.25, 0.3) is 11.0 Å². The van der Waals surface area contributed by atoms with E-state index >= 15 is 0 Å². The summed E-state index contributed by atoms with van der Waals surface area (Å²) in [5, 5.41) is 9.72. The van der Waals surface area contributed by atoms with Crippen LogP contribution in [-0.4, -0.2) is 40.7 Å². The van der Waals surface area contributed by atoms with Gasteiger partial charge in [0.15, 0.2) is 0 Å². The Morgan fingerprint density at radius 1 is 1.19 bits per heavy atom. The molecule has 1 aliphatic rings. The third-order valence-electron chi connectivity index (χ3n) is 5.33. The number of carbonyl (C=O) groups excluding carboxylic acids is 2. The summed E-state index contributed by atoms with van der Waals surface area (Å²) in [6.07, 6.45) is 0.862.